The van der Waals surface area contributed by atoms with Crippen molar-refractivity contribution in [2.45, 2.75) is 39.2 Å². The molecule has 0 saturated carbocycles. The number of hydrogen-bond donors (Lipinski definition) is 1. The van der Waals surface area contributed by atoms with E-state index in [1.165, 1.54) is 17.7 Å². The SMILES string of the molecule is CC(C)(C)N=Cc1cc(F)ccc1Pc1cc(Cc2ccccc2)cc(Cc2ccccc2)c1O.[Cl][Ti][Cl]. The van der Waals surface area contributed by atoms with E-state index in [1.807, 2.05) is 57.2 Å². The van der Waals surface area contributed by atoms with Crippen LogP contribution in [0.15, 0.2) is 96.0 Å². The predicted octanol–water partition coefficient (Wildman–Crippen LogP) is 7.94. The molecule has 7 heteroatoms. The van der Waals surface area contributed by atoms with Gasteiger partial charge in [0.15, 0.2) is 0 Å². The van der Waals surface area contributed by atoms with Crippen molar-refractivity contribution in [1.82, 2.24) is 0 Å². The van der Waals surface area contributed by atoms with Gasteiger partial charge in [-0.05, 0) is 72.9 Å². The number of halogens is 3. The van der Waals surface area contributed by atoms with Crippen LogP contribution in [0.3, 0.4) is 0 Å². The van der Waals surface area contributed by atoms with Gasteiger partial charge in [0.05, 0.1) is 5.54 Å². The molecular formula is C31H31Cl2FNOPTi. The number of aliphatic imine (C=N–C) groups is 1. The Morgan fingerprint density at radius 1 is 0.816 bits per heavy atom. The quantitative estimate of drug-likeness (QED) is 0.130. The second-order valence-corrected chi connectivity index (χ2v) is 13.7. The standard InChI is InChI=1S/C31H31FNOP.2ClH.Ti/c1-31(2,3)33-21-26-20-27(32)14-15-28(26)35-29-19-24(16-22-10-6-4-7-11-22)18-25(30(29)34)17-23-12-8-5-9-13-23;;;/h4-15,18-21,34-35H,16-17H2,1-3H3;2*1H;/q;;;+2/p-2. The molecule has 2 nitrogen and oxygen atoms in total. The fourth-order valence-corrected chi connectivity index (χ4v) is 5.18. The second-order valence-electron chi connectivity index (χ2n) is 9.83. The van der Waals surface area contributed by atoms with Crippen molar-refractivity contribution < 1.29 is 26.5 Å². The predicted molar refractivity (Wildman–Crippen MR) is 160 cm³/mol. The summed E-state index contributed by atoms with van der Waals surface area (Å²) >= 11 is -0.556. The first-order valence-corrected chi connectivity index (χ1v) is 17.5. The number of benzene rings is 4. The van der Waals surface area contributed by atoms with Gasteiger partial charge in [0.25, 0.3) is 0 Å². The molecule has 0 spiro atoms. The third-order valence-corrected chi connectivity index (χ3v) is 6.99. The van der Waals surface area contributed by atoms with Gasteiger partial charge in [0.2, 0.25) is 0 Å². The molecule has 0 aromatic heterocycles. The molecule has 4 aromatic carbocycles. The van der Waals surface area contributed by atoms with Gasteiger partial charge in [0, 0.05) is 23.5 Å². The molecule has 0 aliphatic rings. The van der Waals surface area contributed by atoms with Crippen LogP contribution in [0.1, 0.15) is 48.6 Å². The number of hydrogen-bond acceptors (Lipinski definition) is 2. The first-order chi connectivity index (χ1) is 18.2. The van der Waals surface area contributed by atoms with Gasteiger partial charge in [0.1, 0.15) is 11.6 Å². The van der Waals surface area contributed by atoms with Crippen molar-refractivity contribution >= 4 is 44.0 Å². The third-order valence-electron chi connectivity index (χ3n) is 5.61. The number of rotatable bonds is 7. The van der Waals surface area contributed by atoms with Crippen LogP contribution in [0.2, 0.25) is 0 Å². The molecule has 38 heavy (non-hydrogen) atoms. The van der Waals surface area contributed by atoms with Gasteiger partial charge in [-0.1, -0.05) is 81.4 Å². The molecule has 4 rings (SSSR count). The molecule has 4 aromatic rings. The van der Waals surface area contributed by atoms with E-state index < -0.39 is 17.0 Å². The molecular weight excluding hydrogens is 571 g/mol. The number of phenols is 1. The molecule has 196 valence electrons. The number of phenolic OH excluding ortho intramolecular Hbond substituents is 1. The number of nitrogens with zero attached hydrogens (tertiary/aromatic N) is 1. The van der Waals surface area contributed by atoms with E-state index in [4.69, 9.17) is 18.6 Å². The zero-order valence-corrected chi connectivity index (χ0v) is 25.8. The molecule has 0 saturated heterocycles. The van der Waals surface area contributed by atoms with E-state index in [1.54, 1.807) is 12.3 Å². The Hall–Kier alpha value is -2.00. The van der Waals surface area contributed by atoms with Crippen LogP contribution in [0.5, 0.6) is 5.75 Å². The topological polar surface area (TPSA) is 32.6 Å². The summed E-state index contributed by atoms with van der Waals surface area (Å²) in [5, 5.41) is 13.1. The van der Waals surface area contributed by atoms with Gasteiger partial charge in [-0.3, -0.25) is 4.99 Å². The Morgan fingerprint density at radius 2 is 1.39 bits per heavy atom. The molecule has 0 fully saturated rings. The van der Waals surface area contributed by atoms with Gasteiger partial charge < -0.3 is 5.11 Å². The average molecular weight is 602 g/mol. The van der Waals surface area contributed by atoms with Crippen molar-refractivity contribution in [1.29, 1.82) is 0 Å². The van der Waals surface area contributed by atoms with E-state index in [0.29, 0.717) is 12.2 Å². The van der Waals surface area contributed by atoms with Gasteiger partial charge in [-0.15, -0.1) is 0 Å². The molecule has 0 aliphatic carbocycles. The zero-order chi connectivity index (χ0) is 27.5. The first kappa shape index (κ1) is 30.5. The summed E-state index contributed by atoms with van der Waals surface area (Å²) in [6.07, 6.45) is 3.18. The van der Waals surface area contributed by atoms with Crippen LogP contribution in [0.4, 0.5) is 4.39 Å². The van der Waals surface area contributed by atoms with Crippen molar-refractivity contribution in [2.24, 2.45) is 4.99 Å². The monoisotopic (exact) mass is 601 g/mol. The zero-order valence-electron chi connectivity index (χ0n) is 21.7. The minimum atomic E-state index is -0.556. The molecule has 0 amide bonds. The summed E-state index contributed by atoms with van der Waals surface area (Å²) in [4.78, 5) is 4.59. The van der Waals surface area contributed by atoms with E-state index >= 15 is 0 Å². The Balaban J connectivity index is 0.00000127. The van der Waals surface area contributed by atoms with Crippen molar-refractivity contribution in [3.8, 4) is 5.75 Å². The first-order valence-electron chi connectivity index (χ1n) is 12.2. The summed E-state index contributed by atoms with van der Waals surface area (Å²) in [7, 11) is 9.95. The van der Waals surface area contributed by atoms with Gasteiger partial charge in [-0.2, -0.15) is 0 Å². The maximum atomic E-state index is 14.1. The molecule has 0 heterocycles. The Morgan fingerprint density at radius 3 is 1.97 bits per heavy atom. The van der Waals surface area contributed by atoms with E-state index in [9.17, 15) is 9.50 Å². The summed E-state index contributed by atoms with van der Waals surface area (Å²) < 4.78 is 14.1. The van der Waals surface area contributed by atoms with Gasteiger partial charge in [-0.25, -0.2) is 4.39 Å². The molecule has 1 atom stereocenters. The summed E-state index contributed by atoms with van der Waals surface area (Å²) in [5.41, 5.74) is 4.91. The summed E-state index contributed by atoms with van der Waals surface area (Å²) in [5.74, 6) is 0.0211. The number of aromatic hydroxyl groups is 1. The fraction of sp³-hybridized carbons (Fsp3) is 0.194. The van der Waals surface area contributed by atoms with Gasteiger partial charge >= 0.3 is 35.6 Å². The minimum absolute atomic E-state index is 0.170. The van der Waals surface area contributed by atoms with Crippen molar-refractivity contribution in [3.05, 3.63) is 125 Å². The van der Waals surface area contributed by atoms with Crippen LogP contribution < -0.4 is 10.6 Å². The van der Waals surface area contributed by atoms with E-state index in [0.717, 1.165) is 39.3 Å². The van der Waals surface area contributed by atoms with Crippen LogP contribution in [-0.4, -0.2) is 16.9 Å². The Kier molecular flexibility index (Phi) is 12.0. The summed E-state index contributed by atoms with van der Waals surface area (Å²) in [6, 6.07) is 29.5. The summed E-state index contributed by atoms with van der Waals surface area (Å²) in [6.45, 7) is 6.04. The van der Waals surface area contributed by atoms with E-state index in [2.05, 4.69) is 41.4 Å². The van der Waals surface area contributed by atoms with E-state index in [-0.39, 0.29) is 19.9 Å². The molecule has 1 N–H and O–H groups in total. The molecule has 1 unspecified atom stereocenters. The molecule has 0 bridgehead atoms. The second kappa shape index (κ2) is 15.0. The average Bonchev–Trinajstić information content (AvgIpc) is 2.88. The normalized spacial score (nSPS) is 11.5. The van der Waals surface area contributed by atoms with Crippen LogP contribution in [-0.2, 0) is 29.9 Å². The Labute approximate surface area is 243 Å². The molecule has 0 radical (unpaired) electrons. The fourth-order valence-electron chi connectivity index (χ4n) is 3.90. The third kappa shape index (κ3) is 9.95. The van der Waals surface area contributed by atoms with Crippen LogP contribution in [0, 0.1) is 5.82 Å². The maximum absolute atomic E-state index is 14.1. The van der Waals surface area contributed by atoms with Crippen LogP contribution >= 0.6 is 27.2 Å². The van der Waals surface area contributed by atoms with Crippen LogP contribution in [0.25, 0.3) is 0 Å². The molecule has 0 aliphatic heterocycles. The van der Waals surface area contributed by atoms with Crippen molar-refractivity contribution in [3.63, 3.8) is 0 Å². The Bertz CT molecular complexity index is 1350. The van der Waals surface area contributed by atoms with Crippen molar-refractivity contribution in [2.75, 3.05) is 0 Å².